The second-order valence-corrected chi connectivity index (χ2v) is 6.16. The number of carbonyl (C=O) groups excluding carboxylic acids is 1. The van der Waals surface area contributed by atoms with E-state index in [9.17, 15) is 9.59 Å². The van der Waals surface area contributed by atoms with Crippen LogP contribution >= 0.6 is 0 Å². The van der Waals surface area contributed by atoms with Crippen molar-refractivity contribution in [2.75, 3.05) is 26.9 Å². The molecular formula is C17H25N3O4. The van der Waals surface area contributed by atoms with Gasteiger partial charge in [-0.1, -0.05) is 0 Å². The normalized spacial score (nSPS) is 11.8. The van der Waals surface area contributed by atoms with E-state index in [0.717, 1.165) is 5.52 Å². The molecule has 0 aliphatic carbocycles. The Hall–Kier alpha value is -2.12. The third kappa shape index (κ3) is 4.24. The molecule has 1 amide bonds. The molecule has 7 nitrogen and oxygen atoms in total. The molecule has 7 heteroatoms. The minimum Gasteiger partial charge on any atom is -0.380 e. The summed E-state index contributed by atoms with van der Waals surface area (Å²) < 4.78 is 12.2. The van der Waals surface area contributed by atoms with E-state index < -0.39 is 5.60 Å². The highest BCUT2D eigenvalue weighted by atomic mass is 16.5. The molecule has 2 aromatic rings. The van der Waals surface area contributed by atoms with Crippen LogP contribution < -0.4 is 11.0 Å². The SMILES string of the molecule is CCOCCn1c(=O)[nH]c2cc(C(=O)NCC(C)(C)OC)ccc21. The third-order valence-corrected chi connectivity index (χ3v) is 3.93. The van der Waals surface area contributed by atoms with E-state index in [1.165, 1.54) is 0 Å². The first-order chi connectivity index (χ1) is 11.4. The van der Waals surface area contributed by atoms with Gasteiger partial charge in [-0.15, -0.1) is 0 Å². The van der Waals surface area contributed by atoms with E-state index >= 15 is 0 Å². The first-order valence-electron chi connectivity index (χ1n) is 8.01. The summed E-state index contributed by atoms with van der Waals surface area (Å²) >= 11 is 0. The van der Waals surface area contributed by atoms with Gasteiger partial charge in [0.25, 0.3) is 5.91 Å². The molecule has 0 fully saturated rings. The van der Waals surface area contributed by atoms with Gasteiger partial charge in [-0.3, -0.25) is 9.36 Å². The number of H-pyrrole nitrogens is 1. The summed E-state index contributed by atoms with van der Waals surface area (Å²) in [5.41, 5.74) is 1.25. The number of methoxy groups -OCH3 is 1. The van der Waals surface area contributed by atoms with Crippen molar-refractivity contribution in [3.05, 3.63) is 34.2 Å². The highest BCUT2D eigenvalue weighted by Crippen LogP contribution is 2.13. The number of ether oxygens (including phenoxy) is 2. The topological polar surface area (TPSA) is 85.4 Å². The number of nitrogens with one attached hydrogen (secondary N) is 2. The van der Waals surface area contributed by atoms with Gasteiger partial charge in [-0.2, -0.15) is 0 Å². The largest absolute Gasteiger partial charge is 0.380 e. The fraction of sp³-hybridized carbons (Fsp3) is 0.529. The van der Waals surface area contributed by atoms with E-state index in [4.69, 9.17) is 9.47 Å². The van der Waals surface area contributed by atoms with Crippen molar-refractivity contribution in [1.29, 1.82) is 0 Å². The number of amides is 1. The molecule has 1 aromatic heterocycles. The average Bonchev–Trinajstić information content (AvgIpc) is 2.88. The minimum atomic E-state index is -0.434. The molecule has 24 heavy (non-hydrogen) atoms. The Morgan fingerprint density at radius 3 is 2.79 bits per heavy atom. The van der Waals surface area contributed by atoms with Gasteiger partial charge >= 0.3 is 5.69 Å². The molecule has 0 unspecified atom stereocenters. The monoisotopic (exact) mass is 335 g/mol. The van der Waals surface area contributed by atoms with Crippen molar-refractivity contribution in [3.8, 4) is 0 Å². The lowest BCUT2D eigenvalue weighted by Crippen LogP contribution is -2.39. The van der Waals surface area contributed by atoms with Crippen molar-refractivity contribution < 1.29 is 14.3 Å². The molecule has 0 aliphatic heterocycles. The molecule has 1 aromatic carbocycles. The fourth-order valence-corrected chi connectivity index (χ4v) is 2.29. The van der Waals surface area contributed by atoms with Crippen molar-refractivity contribution >= 4 is 16.9 Å². The maximum absolute atomic E-state index is 12.3. The summed E-state index contributed by atoms with van der Waals surface area (Å²) in [5.74, 6) is -0.204. The summed E-state index contributed by atoms with van der Waals surface area (Å²) in [6, 6.07) is 5.17. The molecular weight excluding hydrogens is 310 g/mol. The van der Waals surface area contributed by atoms with Gasteiger partial charge in [0.05, 0.1) is 29.8 Å². The van der Waals surface area contributed by atoms with E-state index in [2.05, 4.69) is 10.3 Å². The highest BCUT2D eigenvalue weighted by Gasteiger charge is 2.18. The minimum absolute atomic E-state index is 0.204. The van der Waals surface area contributed by atoms with Crippen LogP contribution in [-0.4, -0.2) is 47.9 Å². The van der Waals surface area contributed by atoms with E-state index in [0.29, 0.717) is 37.4 Å². The van der Waals surface area contributed by atoms with E-state index in [-0.39, 0.29) is 11.6 Å². The van der Waals surface area contributed by atoms with Crippen molar-refractivity contribution in [1.82, 2.24) is 14.9 Å². The third-order valence-electron chi connectivity index (χ3n) is 3.93. The summed E-state index contributed by atoms with van der Waals surface area (Å²) in [4.78, 5) is 27.1. The van der Waals surface area contributed by atoms with E-state index in [1.54, 1.807) is 29.9 Å². The predicted octanol–water partition coefficient (Wildman–Crippen LogP) is 1.52. The number of aromatic nitrogens is 2. The molecule has 0 atom stereocenters. The molecule has 0 bridgehead atoms. The average molecular weight is 335 g/mol. The number of fused-ring (bicyclic) bond motifs is 1. The number of aromatic amines is 1. The van der Waals surface area contributed by atoms with Gasteiger partial charge in [0, 0.05) is 25.8 Å². The lowest BCUT2D eigenvalue weighted by Gasteiger charge is -2.23. The Morgan fingerprint density at radius 1 is 1.38 bits per heavy atom. The number of hydrogen-bond donors (Lipinski definition) is 2. The highest BCUT2D eigenvalue weighted by molar-refractivity contribution is 5.97. The summed E-state index contributed by atoms with van der Waals surface area (Å²) in [6.07, 6.45) is 0. The summed E-state index contributed by atoms with van der Waals surface area (Å²) in [6.45, 7) is 7.65. The standard InChI is InChI=1S/C17H25N3O4/c1-5-24-9-8-20-14-7-6-12(10-13(14)19-16(20)22)15(21)18-11-17(2,3)23-4/h6-7,10H,5,8-9,11H2,1-4H3,(H,18,21)(H,19,22). The molecule has 0 saturated heterocycles. The van der Waals surface area contributed by atoms with Crippen LogP contribution in [0.5, 0.6) is 0 Å². The Bertz CT molecular complexity index is 761. The maximum Gasteiger partial charge on any atom is 0.326 e. The zero-order valence-corrected chi connectivity index (χ0v) is 14.6. The molecule has 0 spiro atoms. The number of imidazole rings is 1. The van der Waals surface area contributed by atoms with Crippen LogP contribution in [0.25, 0.3) is 11.0 Å². The first-order valence-corrected chi connectivity index (χ1v) is 8.01. The molecule has 0 aliphatic rings. The summed E-state index contributed by atoms with van der Waals surface area (Å²) in [7, 11) is 1.61. The van der Waals surface area contributed by atoms with Gasteiger partial charge in [-0.05, 0) is 39.0 Å². The van der Waals surface area contributed by atoms with Crippen LogP contribution in [0.2, 0.25) is 0 Å². The molecule has 0 saturated carbocycles. The lowest BCUT2D eigenvalue weighted by molar-refractivity contribution is 0.0229. The van der Waals surface area contributed by atoms with E-state index in [1.807, 2.05) is 20.8 Å². The Kier molecular flexibility index (Phi) is 5.80. The number of rotatable bonds is 8. The number of carbonyl (C=O) groups is 1. The predicted molar refractivity (Wildman–Crippen MR) is 92.5 cm³/mol. The molecule has 2 rings (SSSR count). The fourth-order valence-electron chi connectivity index (χ4n) is 2.29. The number of benzene rings is 1. The number of nitrogens with zero attached hydrogens (tertiary/aromatic N) is 1. The van der Waals surface area contributed by atoms with Crippen LogP contribution in [0.3, 0.4) is 0 Å². The molecule has 132 valence electrons. The lowest BCUT2D eigenvalue weighted by atomic mass is 10.1. The quantitative estimate of drug-likeness (QED) is 0.716. The number of hydrogen-bond acceptors (Lipinski definition) is 4. The molecule has 2 N–H and O–H groups in total. The van der Waals surface area contributed by atoms with Crippen LogP contribution in [0.15, 0.2) is 23.0 Å². The van der Waals surface area contributed by atoms with Crippen molar-refractivity contribution in [2.45, 2.75) is 32.9 Å². The van der Waals surface area contributed by atoms with Gasteiger partial charge < -0.3 is 19.8 Å². The van der Waals surface area contributed by atoms with Crippen LogP contribution in [0.1, 0.15) is 31.1 Å². The van der Waals surface area contributed by atoms with Crippen LogP contribution in [-0.2, 0) is 16.0 Å². The van der Waals surface area contributed by atoms with Gasteiger partial charge in [0.1, 0.15) is 0 Å². The smallest absolute Gasteiger partial charge is 0.326 e. The Morgan fingerprint density at radius 2 is 2.12 bits per heavy atom. The zero-order chi connectivity index (χ0) is 17.7. The second-order valence-electron chi connectivity index (χ2n) is 6.16. The Labute approximate surface area is 141 Å². The van der Waals surface area contributed by atoms with Crippen LogP contribution in [0.4, 0.5) is 0 Å². The van der Waals surface area contributed by atoms with Crippen molar-refractivity contribution in [2.24, 2.45) is 0 Å². The zero-order valence-electron chi connectivity index (χ0n) is 14.6. The molecule has 0 radical (unpaired) electrons. The maximum atomic E-state index is 12.3. The first kappa shape index (κ1) is 18.2. The Balaban J connectivity index is 2.17. The van der Waals surface area contributed by atoms with Gasteiger partial charge in [-0.25, -0.2) is 4.79 Å². The summed E-state index contributed by atoms with van der Waals surface area (Å²) in [5, 5.41) is 2.84. The second kappa shape index (κ2) is 7.63. The van der Waals surface area contributed by atoms with Crippen LogP contribution in [0, 0.1) is 0 Å². The molecule has 1 heterocycles. The van der Waals surface area contributed by atoms with Gasteiger partial charge in [0.2, 0.25) is 0 Å². The van der Waals surface area contributed by atoms with Crippen molar-refractivity contribution in [3.63, 3.8) is 0 Å². The van der Waals surface area contributed by atoms with Gasteiger partial charge in [0.15, 0.2) is 0 Å².